The van der Waals surface area contributed by atoms with E-state index in [0.717, 1.165) is 25.0 Å². The SMILES string of the molecule is C#Cc1cc2nc(C)nc(N[C@H](C)c3cc(N)cc(C(F)(F)F)c3)c2cc1OCCOC1CC1. The second kappa shape index (κ2) is 9.39. The van der Waals surface area contributed by atoms with Crippen molar-refractivity contribution in [2.45, 2.75) is 45.0 Å². The lowest BCUT2D eigenvalue weighted by Crippen LogP contribution is -2.13. The van der Waals surface area contributed by atoms with E-state index >= 15 is 0 Å². The van der Waals surface area contributed by atoms with Crippen molar-refractivity contribution in [1.29, 1.82) is 0 Å². The number of terminal acetylenes is 1. The molecule has 1 aliphatic carbocycles. The first-order valence-electron chi connectivity index (χ1n) is 10.9. The minimum absolute atomic E-state index is 0.0324. The zero-order valence-electron chi connectivity index (χ0n) is 18.9. The maximum absolute atomic E-state index is 13.3. The number of hydrogen-bond acceptors (Lipinski definition) is 6. The van der Waals surface area contributed by atoms with Gasteiger partial charge in [0.1, 0.15) is 24.0 Å². The summed E-state index contributed by atoms with van der Waals surface area (Å²) in [5.74, 6) is 4.04. The molecule has 1 aromatic heterocycles. The summed E-state index contributed by atoms with van der Waals surface area (Å²) in [6.45, 7) is 4.26. The summed E-state index contributed by atoms with van der Waals surface area (Å²) in [4.78, 5) is 8.94. The van der Waals surface area contributed by atoms with Crippen molar-refractivity contribution < 1.29 is 22.6 Å². The quantitative estimate of drug-likeness (QED) is 0.266. The molecule has 0 amide bonds. The molecule has 3 N–H and O–H groups in total. The lowest BCUT2D eigenvalue weighted by molar-refractivity contribution is -0.137. The van der Waals surface area contributed by atoms with Crippen LogP contribution in [0, 0.1) is 19.3 Å². The van der Waals surface area contributed by atoms with Crippen LogP contribution in [0.15, 0.2) is 30.3 Å². The molecule has 1 atom stereocenters. The summed E-state index contributed by atoms with van der Waals surface area (Å²) >= 11 is 0. The van der Waals surface area contributed by atoms with Gasteiger partial charge in [-0.2, -0.15) is 13.2 Å². The van der Waals surface area contributed by atoms with Gasteiger partial charge < -0.3 is 20.5 Å². The third-order valence-electron chi connectivity index (χ3n) is 5.44. The molecule has 3 aromatic rings. The van der Waals surface area contributed by atoms with Crippen molar-refractivity contribution in [2.75, 3.05) is 24.3 Å². The Morgan fingerprint density at radius 3 is 2.62 bits per heavy atom. The van der Waals surface area contributed by atoms with Crippen LogP contribution in [0.1, 0.15) is 48.3 Å². The van der Waals surface area contributed by atoms with Gasteiger partial charge in [-0.3, -0.25) is 0 Å². The van der Waals surface area contributed by atoms with Gasteiger partial charge in [0.25, 0.3) is 0 Å². The zero-order valence-corrected chi connectivity index (χ0v) is 18.9. The van der Waals surface area contributed by atoms with Crippen LogP contribution < -0.4 is 15.8 Å². The van der Waals surface area contributed by atoms with E-state index in [2.05, 4.69) is 21.2 Å². The fraction of sp³-hybridized carbons (Fsp3) is 0.360. The molecular weight excluding hydrogens is 445 g/mol. The van der Waals surface area contributed by atoms with Crippen LogP contribution in [0.5, 0.6) is 5.75 Å². The molecule has 34 heavy (non-hydrogen) atoms. The van der Waals surface area contributed by atoms with Crippen LogP contribution in [0.3, 0.4) is 0 Å². The fourth-order valence-electron chi connectivity index (χ4n) is 3.59. The summed E-state index contributed by atoms with van der Waals surface area (Å²) in [5, 5.41) is 3.83. The van der Waals surface area contributed by atoms with Crippen LogP contribution in [0.25, 0.3) is 10.9 Å². The maximum Gasteiger partial charge on any atom is 0.416 e. The number of benzene rings is 2. The van der Waals surface area contributed by atoms with E-state index in [4.69, 9.17) is 21.6 Å². The van der Waals surface area contributed by atoms with Crippen molar-refractivity contribution in [1.82, 2.24) is 9.97 Å². The molecule has 0 bridgehead atoms. The van der Waals surface area contributed by atoms with Gasteiger partial charge >= 0.3 is 6.18 Å². The normalized spacial score (nSPS) is 14.6. The zero-order chi connectivity index (χ0) is 24.5. The fourth-order valence-corrected chi connectivity index (χ4v) is 3.59. The Hall–Kier alpha value is -3.51. The molecular formula is C25H25F3N4O2. The number of aryl methyl sites for hydroxylation is 1. The molecule has 0 saturated heterocycles. The van der Waals surface area contributed by atoms with Crippen LogP contribution in [-0.2, 0) is 10.9 Å². The van der Waals surface area contributed by atoms with Crippen molar-refractivity contribution in [3.63, 3.8) is 0 Å². The van der Waals surface area contributed by atoms with Crippen LogP contribution in [0.2, 0.25) is 0 Å². The number of halogens is 3. The van der Waals surface area contributed by atoms with E-state index in [1.807, 2.05) is 0 Å². The standard InChI is InChI=1S/C25H25F3N4O2/c1-4-16-11-22-21(13-23(16)34-8-7-33-20-5-6-20)24(32-15(3)31-22)30-14(2)17-9-18(25(26,27)28)12-19(29)10-17/h1,9-14,20H,5-8,29H2,2-3H3,(H,30,31,32)/t14-/m1/s1. The Balaban J connectivity index is 1.64. The molecule has 0 unspecified atom stereocenters. The van der Waals surface area contributed by atoms with E-state index < -0.39 is 17.8 Å². The predicted octanol–water partition coefficient (Wildman–Crippen LogP) is 5.25. The molecule has 9 heteroatoms. The third-order valence-corrected chi connectivity index (χ3v) is 5.44. The van der Waals surface area contributed by atoms with E-state index in [9.17, 15) is 13.2 Å². The van der Waals surface area contributed by atoms with Gasteiger partial charge in [-0.05, 0) is 62.6 Å². The average Bonchev–Trinajstić information content (AvgIpc) is 3.59. The molecule has 1 aliphatic rings. The van der Waals surface area contributed by atoms with Crippen molar-refractivity contribution in [3.8, 4) is 18.1 Å². The van der Waals surface area contributed by atoms with Crippen LogP contribution in [0.4, 0.5) is 24.7 Å². The minimum Gasteiger partial charge on any atom is -0.490 e. The van der Waals surface area contributed by atoms with E-state index in [1.165, 1.54) is 6.07 Å². The second-order valence-electron chi connectivity index (χ2n) is 8.30. The number of nitrogens with one attached hydrogen (secondary N) is 1. The Kier molecular flexibility index (Phi) is 6.53. The minimum atomic E-state index is -4.50. The van der Waals surface area contributed by atoms with Crippen molar-refractivity contribution >= 4 is 22.4 Å². The highest BCUT2D eigenvalue weighted by Gasteiger charge is 2.31. The van der Waals surface area contributed by atoms with Gasteiger partial charge in [-0.1, -0.05) is 5.92 Å². The highest BCUT2D eigenvalue weighted by atomic mass is 19.4. The number of fused-ring (bicyclic) bond motifs is 1. The summed E-state index contributed by atoms with van der Waals surface area (Å²) in [5.41, 5.74) is 6.49. The predicted molar refractivity (Wildman–Crippen MR) is 125 cm³/mol. The highest BCUT2D eigenvalue weighted by molar-refractivity contribution is 5.92. The van der Waals surface area contributed by atoms with E-state index in [0.29, 0.717) is 58.7 Å². The molecule has 0 spiro atoms. The monoisotopic (exact) mass is 470 g/mol. The van der Waals surface area contributed by atoms with Gasteiger partial charge in [0.05, 0.1) is 35.4 Å². The van der Waals surface area contributed by atoms with Gasteiger partial charge in [0.15, 0.2) is 0 Å². The molecule has 178 valence electrons. The molecule has 1 saturated carbocycles. The Bertz CT molecular complexity index is 1250. The van der Waals surface area contributed by atoms with Gasteiger partial charge in [0.2, 0.25) is 0 Å². The maximum atomic E-state index is 13.3. The number of nitrogens with zero attached hydrogens (tertiary/aromatic N) is 2. The number of alkyl halides is 3. The molecule has 4 rings (SSSR count). The number of rotatable bonds is 8. The molecule has 2 aromatic carbocycles. The molecule has 0 radical (unpaired) electrons. The van der Waals surface area contributed by atoms with Crippen LogP contribution in [-0.4, -0.2) is 29.3 Å². The summed E-state index contributed by atoms with van der Waals surface area (Å²) in [6.07, 6.45) is 3.66. The molecule has 1 fully saturated rings. The number of nitrogens with two attached hydrogens (primary N) is 1. The Morgan fingerprint density at radius 2 is 1.94 bits per heavy atom. The lowest BCUT2D eigenvalue weighted by atomic mass is 10.0. The van der Waals surface area contributed by atoms with Gasteiger partial charge in [-0.25, -0.2) is 9.97 Å². The lowest BCUT2D eigenvalue weighted by Gasteiger charge is -2.19. The first-order chi connectivity index (χ1) is 16.1. The summed E-state index contributed by atoms with van der Waals surface area (Å²) < 4.78 is 51.2. The Morgan fingerprint density at radius 1 is 1.18 bits per heavy atom. The first-order valence-corrected chi connectivity index (χ1v) is 10.9. The summed E-state index contributed by atoms with van der Waals surface area (Å²) in [6, 6.07) is 6.46. The topological polar surface area (TPSA) is 82.3 Å². The average molecular weight is 470 g/mol. The van der Waals surface area contributed by atoms with Crippen LogP contribution >= 0.6 is 0 Å². The first kappa shape index (κ1) is 23.6. The summed E-state index contributed by atoms with van der Waals surface area (Å²) in [7, 11) is 0. The van der Waals surface area contributed by atoms with E-state index in [1.54, 1.807) is 26.0 Å². The van der Waals surface area contributed by atoms with E-state index in [-0.39, 0.29) is 5.69 Å². The largest absolute Gasteiger partial charge is 0.490 e. The third kappa shape index (κ3) is 5.51. The number of anilines is 2. The number of aromatic nitrogens is 2. The Labute approximate surface area is 195 Å². The second-order valence-corrected chi connectivity index (χ2v) is 8.30. The van der Waals surface area contributed by atoms with Gasteiger partial charge in [0, 0.05) is 11.1 Å². The van der Waals surface area contributed by atoms with Crippen molar-refractivity contribution in [3.05, 3.63) is 52.8 Å². The smallest absolute Gasteiger partial charge is 0.416 e. The number of nitrogen functional groups attached to an aromatic ring is 1. The molecule has 0 aliphatic heterocycles. The highest BCUT2D eigenvalue weighted by Crippen LogP contribution is 2.35. The number of hydrogen-bond donors (Lipinski definition) is 2. The number of ether oxygens (including phenoxy) is 2. The molecule has 1 heterocycles. The molecule has 6 nitrogen and oxygen atoms in total. The van der Waals surface area contributed by atoms with Crippen molar-refractivity contribution in [2.24, 2.45) is 0 Å². The van der Waals surface area contributed by atoms with Gasteiger partial charge in [-0.15, -0.1) is 6.42 Å².